The second-order valence-electron chi connectivity index (χ2n) is 3.52. The molecule has 88 valence electrons. The Labute approximate surface area is 108 Å². The third-order valence-electron chi connectivity index (χ3n) is 2.40. The molecule has 1 heterocycles. The van der Waals surface area contributed by atoms with Crippen LogP contribution in [0.15, 0.2) is 35.3 Å². The Morgan fingerprint density at radius 1 is 1.18 bits per heavy atom. The molecule has 0 saturated heterocycles. The van der Waals surface area contributed by atoms with E-state index in [1.807, 2.05) is 0 Å². The lowest BCUT2D eigenvalue weighted by molar-refractivity contribution is 0.282. The van der Waals surface area contributed by atoms with Crippen LogP contribution in [-0.4, -0.2) is 10.1 Å². The molecule has 2 rings (SSSR count). The van der Waals surface area contributed by atoms with Crippen LogP contribution in [0.1, 0.15) is 5.56 Å². The fourth-order valence-electron chi connectivity index (χ4n) is 1.60. The van der Waals surface area contributed by atoms with Crippen LogP contribution >= 0.6 is 23.2 Å². The van der Waals surface area contributed by atoms with Crippen molar-refractivity contribution in [3.8, 4) is 11.1 Å². The standard InChI is InChI=1S/C12H9Cl2NO2/c13-8-1-2-9(11(14)4-8)10-5-15-12(17)3-7(10)6-16/h1-5,16H,6H2,(H,15,17). The van der Waals surface area contributed by atoms with Crippen LogP contribution < -0.4 is 5.56 Å². The summed E-state index contributed by atoms with van der Waals surface area (Å²) in [5.41, 5.74) is 1.67. The van der Waals surface area contributed by atoms with E-state index in [-0.39, 0.29) is 12.2 Å². The van der Waals surface area contributed by atoms with Crippen LogP contribution in [0.25, 0.3) is 11.1 Å². The number of H-pyrrole nitrogens is 1. The van der Waals surface area contributed by atoms with Gasteiger partial charge in [-0.15, -0.1) is 0 Å². The molecule has 5 heteroatoms. The lowest BCUT2D eigenvalue weighted by Gasteiger charge is -2.08. The van der Waals surface area contributed by atoms with Crippen molar-refractivity contribution in [2.75, 3.05) is 0 Å². The van der Waals surface area contributed by atoms with Crippen LogP contribution in [0.2, 0.25) is 10.0 Å². The number of hydrogen-bond donors (Lipinski definition) is 2. The van der Waals surface area contributed by atoms with Crippen LogP contribution in [0.4, 0.5) is 0 Å². The second-order valence-corrected chi connectivity index (χ2v) is 4.36. The number of hydrogen-bond acceptors (Lipinski definition) is 2. The maximum atomic E-state index is 11.2. The van der Waals surface area contributed by atoms with Gasteiger partial charge in [0, 0.05) is 33.4 Å². The van der Waals surface area contributed by atoms with Crippen LogP contribution in [0.5, 0.6) is 0 Å². The van der Waals surface area contributed by atoms with Crippen molar-refractivity contribution >= 4 is 23.2 Å². The number of aromatic amines is 1. The van der Waals surface area contributed by atoms with Crippen LogP contribution in [-0.2, 0) is 6.61 Å². The first-order chi connectivity index (χ1) is 8.11. The predicted molar refractivity (Wildman–Crippen MR) is 68.4 cm³/mol. The summed E-state index contributed by atoms with van der Waals surface area (Å²) in [7, 11) is 0. The zero-order valence-electron chi connectivity index (χ0n) is 8.71. The monoisotopic (exact) mass is 269 g/mol. The third-order valence-corrected chi connectivity index (χ3v) is 2.95. The van der Waals surface area contributed by atoms with Gasteiger partial charge in [-0.05, 0) is 17.7 Å². The lowest BCUT2D eigenvalue weighted by atomic mass is 10.0. The van der Waals surface area contributed by atoms with Gasteiger partial charge in [0.25, 0.3) is 0 Å². The number of aliphatic hydroxyl groups excluding tert-OH is 1. The van der Waals surface area contributed by atoms with E-state index < -0.39 is 0 Å². The first-order valence-corrected chi connectivity index (χ1v) is 5.65. The van der Waals surface area contributed by atoms with Crippen molar-refractivity contribution in [3.63, 3.8) is 0 Å². The van der Waals surface area contributed by atoms with Gasteiger partial charge in [0.1, 0.15) is 0 Å². The molecule has 0 atom stereocenters. The van der Waals surface area contributed by atoms with Crippen molar-refractivity contribution in [2.24, 2.45) is 0 Å². The fourth-order valence-corrected chi connectivity index (χ4v) is 2.11. The van der Waals surface area contributed by atoms with E-state index in [1.54, 1.807) is 18.2 Å². The Morgan fingerprint density at radius 2 is 1.94 bits per heavy atom. The molecule has 0 unspecified atom stereocenters. The Morgan fingerprint density at radius 3 is 2.59 bits per heavy atom. The minimum Gasteiger partial charge on any atom is -0.392 e. The predicted octanol–water partition coefficient (Wildman–Crippen LogP) is 2.84. The lowest BCUT2D eigenvalue weighted by Crippen LogP contribution is -2.06. The molecule has 0 fully saturated rings. The number of aromatic nitrogens is 1. The summed E-state index contributed by atoms with van der Waals surface area (Å²) >= 11 is 11.9. The number of rotatable bonds is 2. The maximum absolute atomic E-state index is 11.2. The van der Waals surface area contributed by atoms with Gasteiger partial charge >= 0.3 is 0 Å². The van der Waals surface area contributed by atoms with Gasteiger partial charge in [0.2, 0.25) is 5.56 Å². The Bertz CT molecular complexity index is 608. The van der Waals surface area contributed by atoms with E-state index in [0.29, 0.717) is 21.2 Å². The fraction of sp³-hybridized carbons (Fsp3) is 0.0833. The zero-order valence-corrected chi connectivity index (χ0v) is 10.2. The third kappa shape index (κ3) is 2.52. The molecule has 0 spiro atoms. The first-order valence-electron chi connectivity index (χ1n) is 4.89. The summed E-state index contributed by atoms with van der Waals surface area (Å²) < 4.78 is 0. The number of halogens is 2. The van der Waals surface area contributed by atoms with E-state index in [0.717, 1.165) is 5.56 Å². The van der Waals surface area contributed by atoms with Crippen LogP contribution in [0, 0.1) is 0 Å². The molecule has 1 aromatic carbocycles. The average Bonchev–Trinajstić information content (AvgIpc) is 2.30. The number of aliphatic hydroxyl groups is 1. The Hall–Kier alpha value is -1.29. The molecule has 0 bridgehead atoms. The quantitative estimate of drug-likeness (QED) is 0.881. The van der Waals surface area contributed by atoms with Gasteiger partial charge in [0.15, 0.2) is 0 Å². The summed E-state index contributed by atoms with van der Waals surface area (Å²) in [5.74, 6) is 0. The SMILES string of the molecule is O=c1cc(CO)c(-c2ccc(Cl)cc2Cl)c[nH]1. The maximum Gasteiger partial charge on any atom is 0.248 e. The van der Waals surface area contributed by atoms with Gasteiger partial charge in [-0.3, -0.25) is 4.79 Å². The van der Waals surface area contributed by atoms with Crippen molar-refractivity contribution in [2.45, 2.75) is 6.61 Å². The summed E-state index contributed by atoms with van der Waals surface area (Å²) in [6.45, 7) is -0.224. The second kappa shape index (κ2) is 4.92. The number of pyridine rings is 1. The van der Waals surface area contributed by atoms with Crippen molar-refractivity contribution in [3.05, 3.63) is 56.4 Å². The van der Waals surface area contributed by atoms with E-state index in [9.17, 15) is 9.90 Å². The molecule has 17 heavy (non-hydrogen) atoms. The highest BCUT2D eigenvalue weighted by molar-refractivity contribution is 6.36. The van der Waals surface area contributed by atoms with Crippen LogP contribution in [0.3, 0.4) is 0 Å². The van der Waals surface area contributed by atoms with Crippen molar-refractivity contribution in [1.82, 2.24) is 4.98 Å². The molecule has 3 nitrogen and oxygen atoms in total. The smallest absolute Gasteiger partial charge is 0.248 e. The molecule has 1 aromatic heterocycles. The summed E-state index contributed by atoms with van der Waals surface area (Å²) in [4.78, 5) is 13.7. The molecule has 0 amide bonds. The summed E-state index contributed by atoms with van der Waals surface area (Å²) in [6.07, 6.45) is 1.53. The van der Waals surface area contributed by atoms with E-state index in [1.165, 1.54) is 12.3 Å². The normalized spacial score (nSPS) is 10.5. The topological polar surface area (TPSA) is 53.1 Å². The summed E-state index contributed by atoms with van der Waals surface area (Å²) in [6, 6.07) is 6.41. The van der Waals surface area contributed by atoms with Gasteiger partial charge < -0.3 is 10.1 Å². The van der Waals surface area contributed by atoms with Crippen molar-refractivity contribution in [1.29, 1.82) is 0 Å². The molecule has 2 aromatic rings. The number of nitrogens with one attached hydrogen (secondary N) is 1. The van der Waals surface area contributed by atoms with Gasteiger partial charge in [0.05, 0.1) is 6.61 Å². The Balaban J connectivity index is 2.63. The molecular weight excluding hydrogens is 261 g/mol. The Kier molecular flexibility index (Phi) is 3.52. The molecule has 0 aliphatic carbocycles. The molecule has 0 radical (unpaired) electrons. The largest absolute Gasteiger partial charge is 0.392 e. The summed E-state index contributed by atoms with van der Waals surface area (Å²) in [5, 5.41) is 10.2. The average molecular weight is 270 g/mol. The highest BCUT2D eigenvalue weighted by Gasteiger charge is 2.09. The van der Waals surface area contributed by atoms with E-state index in [4.69, 9.17) is 23.2 Å². The highest BCUT2D eigenvalue weighted by Crippen LogP contribution is 2.31. The molecule has 2 N–H and O–H groups in total. The highest BCUT2D eigenvalue weighted by atomic mass is 35.5. The van der Waals surface area contributed by atoms with Gasteiger partial charge in [-0.1, -0.05) is 29.3 Å². The van der Waals surface area contributed by atoms with Gasteiger partial charge in [-0.2, -0.15) is 0 Å². The van der Waals surface area contributed by atoms with E-state index in [2.05, 4.69) is 4.98 Å². The first kappa shape index (κ1) is 12.2. The van der Waals surface area contributed by atoms with Crippen molar-refractivity contribution < 1.29 is 5.11 Å². The van der Waals surface area contributed by atoms with Gasteiger partial charge in [-0.25, -0.2) is 0 Å². The minimum absolute atomic E-state index is 0.224. The van der Waals surface area contributed by atoms with E-state index >= 15 is 0 Å². The molecule has 0 aliphatic heterocycles. The molecular formula is C12H9Cl2NO2. The molecule has 0 aliphatic rings. The molecule has 0 saturated carbocycles. The minimum atomic E-state index is -0.261. The zero-order chi connectivity index (χ0) is 12.4. The number of benzene rings is 1.